The summed E-state index contributed by atoms with van der Waals surface area (Å²) < 4.78 is 31.0. The Morgan fingerprint density at radius 2 is 1.81 bits per heavy atom. The number of sulfonamides is 1. The van der Waals surface area contributed by atoms with E-state index in [2.05, 4.69) is 5.32 Å². The van der Waals surface area contributed by atoms with E-state index in [9.17, 15) is 13.2 Å². The van der Waals surface area contributed by atoms with Crippen LogP contribution in [0.25, 0.3) is 0 Å². The van der Waals surface area contributed by atoms with Crippen molar-refractivity contribution in [2.75, 3.05) is 19.4 Å². The van der Waals surface area contributed by atoms with Crippen LogP contribution < -0.4 is 10.1 Å². The third kappa shape index (κ3) is 4.88. The van der Waals surface area contributed by atoms with E-state index in [-0.39, 0.29) is 4.90 Å². The third-order valence-electron chi connectivity index (χ3n) is 3.45. The van der Waals surface area contributed by atoms with Gasteiger partial charge in [-0.05, 0) is 37.3 Å². The number of hydrogen-bond donors (Lipinski definition) is 1. The van der Waals surface area contributed by atoms with E-state index in [1.165, 1.54) is 32.3 Å². The van der Waals surface area contributed by atoms with Crippen LogP contribution in [0.5, 0.6) is 5.75 Å². The molecule has 2 rings (SSSR count). The van der Waals surface area contributed by atoms with Gasteiger partial charge in [-0.1, -0.05) is 29.3 Å². The predicted octanol–water partition coefficient (Wildman–Crippen LogP) is 3.65. The van der Waals surface area contributed by atoms with Gasteiger partial charge in [0.1, 0.15) is 5.75 Å². The number of nitrogens with one attached hydrogen (secondary N) is 1. The molecule has 0 aliphatic carbocycles. The third-order valence-corrected chi connectivity index (χ3v) is 6.00. The number of carbonyl (C=O) groups is 1. The zero-order valence-corrected chi connectivity index (χ0v) is 16.7. The molecule has 0 radical (unpaired) electrons. The lowest BCUT2D eigenvalue weighted by molar-refractivity contribution is -0.122. The predicted molar refractivity (Wildman–Crippen MR) is 102 cm³/mol. The van der Waals surface area contributed by atoms with Crippen molar-refractivity contribution in [1.82, 2.24) is 4.31 Å². The second kappa shape index (κ2) is 8.26. The molecule has 6 nitrogen and oxygen atoms in total. The maximum atomic E-state index is 12.3. The summed E-state index contributed by atoms with van der Waals surface area (Å²) in [5.41, 5.74) is 0.350. The molecule has 1 atom stereocenters. The monoisotopic (exact) mass is 416 g/mol. The highest BCUT2D eigenvalue weighted by Gasteiger charge is 2.19. The standard InChI is InChI=1S/C17H18Cl2N2O4S/c1-11(25-13-7-8-15(18)16(19)10-13)17(22)20-12-5-4-6-14(9-12)26(23,24)21(2)3/h4-11H,1-3H3,(H,20,22)/t11-/m0/s1. The van der Waals surface area contributed by atoms with Crippen LogP contribution in [0.4, 0.5) is 5.69 Å². The molecule has 0 unspecified atom stereocenters. The van der Waals surface area contributed by atoms with Crippen LogP contribution in [0, 0.1) is 0 Å². The van der Waals surface area contributed by atoms with E-state index >= 15 is 0 Å². The number of benzene rings is 2. The molecule has 0 saturated heterocycles. The highest BCUT2D eigenvalue weighted by atomic mass is 35.5. The molecule has 140 valence electrons. The number of nitrogens with zero attached hydrogens (tertiary/aromatic N) is 1. The summed E-state index contributed by atoms with van der Waals surface area (Å²) >= 11 is 11.8. The van der Waals surface area contributed by atoms with Gasteiger partial charge in [-0.3, -0.25) is 4.79 Å². The van der Waals surface area contributed by atoms with Gasteiger partial charge in [0, 0.05) is 25.8 Å². The number of anilines is 1. The lowest BCUT2D eigenvalue weighted by atomic mass is 10.3. The molecular weight excluding hydrogens is 399 g/mol. The zero-order chi connectivity index (χ0) is 19.5. The van der Waals surface area contributed by atoms with Gasteiger partial charge in [0.15, 0.2) is 6.10 Å². The van der Waals surface area contributed by atoms with Gasteiger partial charge in [-0.25, -0.2) is 12.7 Å². The molecule has 0 saturated carbocycles. The van der Waals surface area contributed by atoms with E-state index in [1.807, 2.05) is 0 Å². The minimum atomic E-state index is -3.59. The van der Waals surface area contributed by atoms with Crippen LogP contribution in [-0.2, 0) is 14.8 Å². The van der Waals surface area contributed by atoms with Crippen LogP contribution in [0.3, 0.4) is 0 Å². The van der Waals surface area contributed by atoms with E-state index in [1.54, 1.807) is 31.2 Å². The Morgan fingerprint density at radius 1 is 1.12 bits per heavy atom. The zero-order valence-electron chi connectivity index (χ0n) is 14.4. The number of amides is 1. The molecule has 0 aromatic heterocycles. The number of ether oxygens (including phenoxy) is 1. The summed E-state index contributed by atoms with van der Waals surface area (Å²) in [7, 11) is -0.713. The number of rotatable bonds is 6. The second-order valence-electron chi connectivity index (χ2n) is 5.64. The Hall–Kier alpha value is -1.80. The van der Waals surface area contributed by atoms with Gasteiger partial charge in [-0.2, -0.15) is 0 Å². The number of hydrogen-bond acceptors (Lipinski definition) is 4. The Labute approximate surface area is 162 Å². The van der Waals surface area contributed by atoms with E-state index < -0.39 is 22.0 Å². The van der Waals surface area contributed by atoms with Crippen LogP contribution in [0.1, 0.15) is 6.92 Å². The van der Waals surface area contributed by atoms with Gasteiger partial charge in [0.25, 0.3) is 5.91 Å². The summed E-state index contributed by atoms with van der Waals surface area (Å²) in [5.74, 6) is -0.0403. The fourth-order valence-corrected chi connectivity index (χ4v) is 3.23. The number of halogens is 2. The molecule has 2 aromatic rings. The maximum Gasteiger partial charge on any atom is 0.265 e. The molecule has 2 aromatic carbocycles. The van der Waals surface area contributed by atoms with Crippen LogP contribution >= 0.6 is 23.2 Å². The first-order valence-corrected chi connectivity index (χ1v) is 9.76. The van der Waals surface area contributed by atoms with Gasteiger partial charge in [0.2, 0.25) is 10.0 Å². The van der Waals surface area contributed by atoms with Gasteiger partial charge >= 0.3 is 0 Å². The normalized spacial score (nSPS) is 12.7. The Morgan fingerprint density at radius 3 is 2.42 bits per heavy atom. The highest BCUT2D eigenvalue weighted by Crippen LogP contribution is 2.27. The van der Waals surface area contributed by atoms with Crippen molar-refractivity contribution in [3.05, 3.63) is 52.5 Å². The smallest absolute Gasteiger partial charge is 0.265 e. The fourth-order valence-electron chi connectivity index (χ4n) is 2.00. The summed E-state index contributed by atoms with van der Waals surface area (Å²) in [4.78, 5) is 12.4. The molecule has 0 spiro atoms. The molecule has 0 aliphatic rings. The molecule has 1 amide bonds. The lowest BCUT2D eigenvalue weighted by Gasteiger charge is -2.16. The first kappa shape index (κ1) is 20.5. The maximum absolute atomic E-state index is 12.3. The van der Waals surface area contributed by atoms with Crippen molar-refractivity contribution in [3.63, 3.8) is 0 Å². The molecule has 9 heteroatoms. The fraction of sp³-hybridized carbons (Fsp3) is 0.235. The van der Waals surface area contributed by atoms with E-state index in [0.717, 1.165) is 4.31 Å². The summed E-state index contributed by atoms with van der Waals surface area (Å²) in [6, 6.07) is 10.7. The minimum Gasteiger partial charge on any atom is -0.481 e. The molecule has 0 aliphatic heterocycles. The average molecular weight is 417 g/mol. The Balaban J connectivity index is 2.10. The molecule has 26 heavy (non-hydrogen) atoms. The van der Waals surface area contributed by atoms with Gasteiger partial charge < -0.3 is 10.1 Å². The van der Waals surface area contributed by atoms with Crippen molar-refractivity contribution < 1.29 is 17.9 Å². The van der Waals surface area contributed by atoms with Gasteiger partial charge in [0.05, 0.1) is 14.9 Å². The number of carbonyl (C=O) groups excluding carboxylic acids is 1. The molecule has 1 N–H and O–H groups in total. The van der Waals surface area contributed by atoms with Crippen LogP contribution in [0.15, 0.2) is 47.4 Å². The van der Waals surface area contributed by atoms with E-state index in [0.29, 0.717) is 21.5 Å². The van der Waals surface area contributed by atoms with Crippen molar-refractivity contribution in [2.24, 2.45) is 0 Å². The summed E-state index contributed by atoms with van der Waals surface area (Å²) in [5, 5.41) is 3.34. The van der Waals surface area contributed by atoms with Crippen molar-refractivity contribution in [1.29, 1.82) is 0 Å². The second-order valence-corrected chi connectivity index (χ2v) is 8.61. The van der Waals surface area contributed by atoms with Crippen LogP contribution in [-0.4, -0.2) is 38.8 Å². The largest absolute Gasteiger partial charge is 0.481 e. The first-order valence-electron chi connectivity index (χ1n) is 7.56. The van der Waals surface area contributed by atoms with Gasteiger partial charge in [-0.15, -0.1) is 0 Å². The van der Waals surface area contributed by atoms with Crippen molar-refractivity contribution in [3.8, 4) is 5.75 Å². The minimum absolute atomic E-state index is 0.0818. The SMILES string of the molecule is C[C@H](Oc1ccc(Cl)c(Cl)c1)C(=O)Nc1cccc(S(=O)(=O)N(C)C)c1. The first-order chi connectivity index (χ1) is 12.1. The summed E-state index contributed by atoms with van der Waals surface area (Å²) in [6.07, 6.45) is -0.832. The Bertz CT molecular complexity index is 917. The molecule has 0 heterocycles. The highest BCUT2D eigenvalue weighted by molar-refractivity contribution is 7.89. The van der Waals surface area contributed by atoms with Crippen molar-refractivity contribution >= 4 is 44.8 Å². The lowest BCUT2D eigenvalue weighted by Crippen LogP contribution is -2.30. The molecule has 0 bridgehead atoms. The Kier molecular flexibility index (Phi) is 6.52. The van der Waals surface area contributed by atoms with E-state index in [4.69, 9.17) is 27.9 Å². The molecular formula is C17H18Cl2N2O4S. The topological polar surface area (TPSA) is 75.7 Å². The van der Waals surface area contributed by atoms with Crippen LogP contribution in [0.2, 0.25) is 10.0 Å². The van der Waals surface area contributed by atoms with Crippen molar-refractivity contribution in [2.45, 2.75) is 17.9 Å². The quantitative estimate of drug-likeness (QED) is 0.779. The summed E-state index contributed by atoms with van der Waals surface area (Å²) in [6.45, 7) is 1.57. The molecule has 0 fully saturated rings. The average Bonchev–Trinajstić information content (AvgIpc) is 2.58.